The smallest absolute Gasteiger partial charge is 0.180 e. The summed E-state index contributed by atoms with van der Waals surface area (Å²) in [5, 5.41) is 4.03. The maximum Gasteiger partial charge on any atom is 0.180 e. The van der Waals surface area contributed by atoms with Crippen molar-refractivity contribution < 1.29 is 8.42 Å². The Kier molecular flexibility index (Phi) is 4.79. The largest absolute Gasteiger partial charge is 0.380 e. The van der Waals surface area contributed by atoms with E-state index in [-0.39, 0.29) is 5.75 Å². The normalized spacial score (nSPS) is 23.5. The van der Waals surface area contributed by atoms with E-state index in [1.54, 1.807) is 19.1 Å². The van der Waals surface area contributed by atoms with E-state index in [0.29, 0.717) is 16.2 Å². The molecule has 2 rings (SSSR count). The average Bonchev–Trinajstić information content (AvgIpc) is 2.86. The number of sulfone groups is 1. The van der Waals surface area contributed by atoms with E-state index in [1.807, 2.05) is 23.9 Å². The Morgan fingerprint density at radius 2 is 2.05 bits per heavy atom. The first-order valence-electron chi connectivity index (χ1n) is 6.69. The lowest BCUT2D eigenvalue weighted by Crippen LogP contribution is -2.26. The van der Waals surface area contributed by atoms with Crippen LogP contribution in [0.15, 0.2) is 29.2 Å². The van der Waals surface area contributed by atoms with Crippen molar-refractivity contribution in [1.82, 2.24) is 0 Å². The van der Waals surface area contributed by atoms with E-state index in [2.05, 4.69) is 11.6 Å². The number of anilines is 1. The minimum Gasteiger partial charge on any atom is -0.380 e. The van der Waals surface area contributed by atoms with Gasteiger partial charge in [-0.15, -0.1) is 0 Å². The molecule has 1 aliphatic rings. The first kappa shape index (κ1) is 14.7. The van der Waals surface area contributed by atoms with E-state index >= 15 is 0 Å². The minimum atomic E-state index is -3.16. The highest BCUT2D eigenvalue weighted by molar-refractivity contribution is 7.99. The van der Waals surface area contributed by atoms with Crippen molar-refractivity contribution in [2.75, 3.05) is 17.3 Å². The fourth-order valence-corrected chi connectivity index (χ4v) is 4.58. The fraction of sp³-hybridized carbons (Fsp3) is 0.571. The Morgan fingerprint density at radius 1 is 1.32 bits per heavy atom. The van der Waals surface area contributed by atoms with Crippen LogP contribution in [0.2, 0.25) is 0 Å². The number of nitrogens with one attached hydrogen (secondary N) is 1. The van der Waals surface area contributed by atoms with Crippen LogP contribution in [0, 0.1) is 0 Å². The molecule has 1 fully saturated rings. The summed E-state index contributed by atoms with van der Waals surface area (Å²) in [7, 11) is -3.16. The Morgan fingerprint density at radius 3 is 2.74 bits per heavy atom. The number of benzene rings is 1. The molecule has 2 atom stereocenters. The zero-order valence-electron chi connectivity index (χ0n) is 11.4. The summed E-state index contributed by atoms with van der Waals surface area (Å²) >= 11 is 1.87. The third-order valence-electron chi connectivity index (χ3n) is 3.70. The Hall–Kier alpha value is -0.680. The molecule has 1 aliphatic carbocycles. The highest BCUT2D eigenvalue weighted by atomic mass is 32.2. The summed E-state index contributed by atoms with van der Waals surface area (Å²) in [6.45, 7) is 1.69. The van der Waals surface area contributed by atoms with Crippen LogP contribution in [0.1, 0.15) is 26.2 Å². The van der Waals surface area contributed by atoms with Crippen LogP contribution in [-0.2, 0) is 9.84 Å². The summed E-state index contributed by atoms with van der Waals surface area (Å²) in [5.74, 6) is 0.141. The van der Waals surface area contributed by atoms with Crippen molar-refractivity contribution in [3.8, 4) is 0 Å². The number of thioether (sulfide) groups is 1. The number of para-hydroxylation sites is 1. The van der Waals surface area contributed by atoms with Crippen LogP contribution >= 0.6 is 11.8 Å². The van der Waals surface area contributed by atoms with Gasteiger partial charge in [-0.3, -0.25) is 0 Å². The van der Waals surface area contributed by atoms with Crippen molar-refractivity contribution in [3.63, 3.8) is 0 Å². The zero-order chi connectivity index (χ0) is 13.9. The Balaban J connectivity index is 2.26. The molecule has 0 heterocycles. The third kappa shape index (κ3) is 3.26. The zero-order valence-corrected chi connectivity index (χ0v) is 13.1. The number of hydrogen-bond acceptors (Lipinski definition) is 4. The second kappa shape index (κ2) is 6.18. The van der Waals surface area contributed by atoms with E-state index in [1.165, 1.54) is 12.8 Å². The first-order chi connectivity index (χ1) is 9.08. The van der Waals surface area contributed by atoms with Crippen LogP contribution in [0.25, 0.3) is 0 Å². The van der Waals surface area contributed by atoms with E-state index < -0.39 is 9.84 Å². The highest BCUT2D eigenvalue weighted by Gasteiger charge is 2.27. The van der Waals surface area contributed by atoms with Crippen LogP contribution in [0.3, 0.4) is 0 Å². The van der Waals surface area contributed by atoms with Gasteiger partial charge in [0.2, 0.25) is 0 Å². The van der Waals surface area contributed by atoms with Gasteiger partial charge in [0.1, 0.15) is 0 Å². The van der Waals surface area contributed by atoms with Gasteiger partial charge in [0.25, 0.3) is 0 Å². The van der Waals surface area contributed by atoms with E-state index in [0.717, 1.165) is 12.1 Å². The van der Waals surface area contributed by atoms with Crippen LogP contribution in [0.5, 0.6) is 0 Å². The maximum atomic E-state index is 12.1. The molecule has 0 amide bonds. The average molecular weight is 299 g/mol. The molecule has 1 aromatic rings. The molecule has 2 unspecified atom stereocenters. The topological polar surface area (TPSA) is 46.2 Å². The molecule has 3 nitrogen and oxygen atoms in total. The molecule has 0 aromatic heterocycles. The minimum absolute atomic E-state index is 0.141. The summed E-state index contributed by atoms with van der Waals surface area (Å²) in [6.07, 6.45) is 5.67. The fourth-order valence-electron chi connectivity index (χ4n) is 2.59. The van der Waals surface area contributed by atoms with Crippen LogP contribution in [-0.4, -0.2) is 31.7 Å². The predicted octanol–water partition coefficient (Wildman–Crippen LogP) is 3.18. The molecule has 0 saturated heterocycles. The lowest BCUT2D eigenvalue weighted by Gasteiger charge is -2.22. The van der Waals surface area contributed by atoms with Crippen molar-refractivity contribution in [1.29, 1.82) is 0 Å². The summed E-state index contributed by atoms with van der Waals surface area (Å²) in [4.78, 5) is 0.434. The van der Waals surface area contributed by atoms with Gasteiger partial charge < -0.3 is 5.32 Å². The quantitative estimate of drug-likeness (QED) is 0.907. The molecule has 0 spiro atoms. The molecule has 1 saturated carbocycles. The van der Waals surface area contributed by atoms with Crippen LogP contribution in [0.4, 0.5) is 5.69 Å². The Labute approximate surface area is 120 Å². The monoisotopic (exact) mass is 299 g/mol. The van der Waals surface area contributed by atoms with Gasteiger partial charge in [0.15, 0.2) is 9.84 Å². The molecule has 19 heavy (non-hydrogen) atoms. The standard InChI is InChI=1S/C14H21NO2S2/c1-3-19(16,17)14-10-5-4-7-12(14)15-11-8-6-9-13(11)18-2/h4-5,7,10-11,13,15H,3,6,8-9H2,1-2H3. The van der Waals surface area contributed by atoms with Gasteiger partial charge in [0.05, 0.1) is 16.3 Å². The number of hydrogen-bond donors (Lipinski definition) is 1. The third-order valence-corrected chi connectivity index (χ3v) is 6.65. The summed E-state index contributed by atoms with van der Waals surface area (Å²) < 4.78 is 24.2. The SMILES string of the molecule is CCS(=O)(=O)c1ccccc1NC1CCCC1SC. The molecule has 1 N–H and O–H groups in total. The maximum absolute atomic E-state index is 12.1. The first-order valence-corrected chi connectivity index (χ1v) is 9.63. The van der Waals surface area contributed by atoms with Crippen molar-refractivity contribution in [2.24, 2.45) is 0 Å². The van der Waals surface area contributed by atoms with Gasteiger partial charge in [-0.25, -0.2) is 8.42 Å². The lowest BCUT2D eigenvalue weighted by atomic mass is 10.2. The van der Waals surface area contributed by atoms with Gasteiger partial charge >= 0.3 is 0 Å². The molecule has 106 valence electrons. The second-order valence-electron chi connectivity index (χ2n) is 4.86. The molecular weight excluding hydrogens is 278 g/mol. The van der Waals surface area contributed by atoms with Crippen molar-refractivity contribution >= 4 is 27.3 Å². The summed E-state index contributed by atoms with van der Waals surface area (Å²) in [5.41, 5.74) is 0.760. The van der Waals surface area contributed by atoms with Crippen molar-refractivity contribution in [2.45, 2.75) is 42.4 Å². The van der Waals surface area contributed by atoms with Gasteiger partial charge in [-0.2, -0.15) is 11.8 Å². The lowest BCUT2D eigenvalue weighted by molar-refractivity contribution is 0.597. The highest BCUT2D eigenvalue weighted by Crippen LogP contribution is 2.32. The molecular formula is C14H21NO2S2. The second-order valence-corrected chi connectivity index (χ2v) is 8.18. The Bertz CT molecular complexity index is 528. The molecule has 1 aromatic carbocycles. The predicted molar refractivity (Wildman–Crippen MR) is 82.7 cm³/mol. The van der Waals surface area contributed by atoms with Crippen molar-refractivity contribution in [3.05, 3.63) is 24.3 Å². The summed E-state index contributed by atoms with van der Waals surface area (Å²) in [6, 6.07) is 7.62. The molecule has 0 aliphatic heterocycles. The molecule has 5 heteroatoms. The van der Waals surface area contributed by atoms with Gasteiger partial charge in [-0.05, 0) is 31.2 Å². The van der Waals surface area contributed by atoms with Crippen LogP contribution < -0.4 is 5.32 Å². The molecule has 0 bridgehead atoms. The number of rotatable bonds is 5. The molecule has 0 radical (unpaired) electrons. The van der Waals surface area contributed by atoms with Gasteiger partial charge in [0, 0.05) is 11.3 Å². The van der Waals surface area contributed by atoms with Gasteiger partial charge in [-0.1, -0.05) is 25.5 Å². The van der Waals surface area contributed by atoms with E-state index in [9.17, 15) is 8.42 Å². The van der Waals surface area contributed by atoms with E-state index in [4.69, 9.17) is 0 Å².